The monoisotopic (exact) mass is 424 g/mol. The van der Waals surface area contributed by atoms with Crippen molar-refractivity contribution in [1.29, 1.82) is 0 Å². The molecular weight excluding hydrogens is 396 g/mol. The number of aromatic amines is 1. The van der Waals surface area contributed by atoms with E-state index in [4.69, 9.17) is 10.1 Å². The number of carbonyl (C=O) groups excluding carboxylic acids is 1. The first-order valence-electron chi connectivity index (χ1n) is 11.1. The molecule has 0 radical (unpaired) electrons. The minimum atomic E-state index is -0.904. The highest BCUT2D eigenvalue weighted by Crippen LogP contribution is 2.39. The van der Waals surface area contributed by atoms with E-state index in [1.807, 2.05) is 24.4 Å². The molecule has 4 heterocycles. The summed E-state index contributed by atoms with van der Waals surface area (Å²) < 4.78 is 0. The highest BCUT2D eigenvalue weighted by atomic mass is 16.4. The van der Waals surface area contributed by atoms with Gasteiger partial charge in [-0.15, -0.1) is 0 Å². The van der Waals surface area contributed by atoms with E-state index >= 15 is 0 Å². The van der Waals surface area contributed by atoms with E-state index in [2.05, 4.69) is 20.2 Å². The normalized spacial score (nSPS) is 22.0. The van der Waals surface area contributed by atoms with Crippen LogP contribution in [0.5, 0.6) is 0 Å². The number of H-pyrrole nitrogens is 1. The molecule has 0 bridgehead atoms. The zero-order chi connectivity index (χ0) is 21.4. The molecule has 1 atom stereocenters. The van der Waals surface area contributed by atoms with Crippen molar-refractivity contribution in [2.75, 3.05) is 31.1 Å². The number of rotatable bonds is 5. The molecule has 2 saturated heterocycles. The van der Waals surface area contributed by atoms with Crippen LogP contribution in [-0.2, 0) is 4.79 Å². The number of hydrogen-bond acceptors (Lipinski definition) is 5. The lowest BCUT2D eigenvalue weighted by Gasteiger charge is -2.30. The second kappa shape index (κ2) is 8.20. The zero-order valence-corrected chi connectivity index (χ0v) is 17.5. The summed E-state index contributed by atoms with van der Waals surface area (Å²) in [6.45, 7) is 2.41. The first-order valence-corrected chi connectivity index (χ1v) is 11.1. The van der Waals surface area contributed by atoms with E-state index in [0.717, 1.165) is 36.8 Å². The van der Waals surface area contributed by atoms with Gasteiger partial charge in [0.2, 0.25) is 5.91 Å². The number of imidazole rings is 1. The van der Waals surface area contributed by atoms with Gasteiger partial charge in [-0.25, -0.2) is 14.8 Å². The Morgan fingerprint density at radius 1 is 1.10 bits per heavy atom. The van der Waals surface area contributed by atoms with Crippen LogP contribution in [0.1, 0.15) is 43.7 Å². The minimum absolute atomic E-state index is 0.0433. The predicted molar refractivity (Wildman–Crippen MR) is 115 cm³/mol. The third-order valence-electron chi connectivity index (χ3n) is 6.58. The maximum Gasteiger partial charge on any atom is 0.407 e. The van der Waals surface area contributed by atoms with Gasteiger partial charge >= 0.3 is 6.09 Å². The number of nitrogens with zero attached hydrogens (tertiary/aromatic N) is 4. The van der Waals surface area contributed by atoms with Crippen LogP contribution in [-0.4, -0.2) is 69.2 Å². The van der Waals surface area contributed by atoms with Crippen LogP contribution >= 0.6 is 0 Å². The van der Waals surface area contributed by atoms with Crippen molar-refractivity contribution in [2.45, 2.75) is 44.1 Å². The third-order valence-corrected chi connectivity index (χ3v) is 6.58. The number of amides is 2. The molecule has 0 unspecified atom stereocenters. The van der Waals surface area contributed by atoms with Gasteiger partial charge in [0.25, 0.3) is 0 Å². The van der Waals surface area contributed by atoms with E-state index in [1.54, 1.807) is 0 Å². The Bertz CT molecular complexity index is 964. The Hall–Kier alpha value is -3.10. The second-order valence-electron chi connectivity index (χ2n) is 8.83. The average Bonchev–Trinajstić information content (AvgIpc) is 3.33. The molecule has 0 spiro atoms. The number of pyridine rings is 1. The topological polar surface area (TPSA) is 114 Å². The maximum atomic E-state index is 12.7. The Morgan fingerprint density at radius 2 is 1.90 bits per heavy atom. The van der Waals surface area contributed by atoms with Crippen molar-refractivity contribution in [3.63, 3.8) is 0 Å². The molecule has 3 fully saturated rings. The highest BCUT2D eigenvalue weighted by Gasteiger charge is 2.31. The van der Waals surface area contributed by atoms with Crippen molar-refractivity contribution in [1.82, 2.24) is 25.2 Å². The molecule has 31 heavy (non-hydrogen) atoms. The molecule has 2 aromatic rings. The summed E-state index contributed by atoms with van der Waals surface area (Å²) in [4.78, 5) is 40.0. The fourth-order valence-electron chi connectivity index (χ4n) is 4.54. The van der Waals surface area contributed by atoms with E-state index in [0.29, 0.717) is 31.8 Å². The van der Waals surface area contributed by atoms with Crippen molar-refractivity contribution >= 4 is 17.8 Å². The van der Waals surface area contributed by atoms with Gasteiger partial charge in [0.1, 0.15) is 11.5 Å². The van der Waals surface area contributed by atoms with Crippen LogP contribution in [0, 0.1) is 5.92 Å². The molecule has 9 nitrogen and oxygen atoms in total. The standard InChI is InChI=1S/C22H28N6O3/c29-21(15-6-9-27(10-7-15)22(30)31)24-16-8-11-28(13-16)19-3-1-2-17(25-19)20-23-12-18(26-20)14-4-5-14/h1-3,12,14-16H,4-11,13H2,(H,23,26)(H,24,29)(H,30,31)/t16-/m1/s1. The van der Waals surface area contributed by atoms with Gasteiger partial charge in [0.05, 0.1) is 0 Å². The zero-order valence-electron chi connectivity index (χ0n) is 17.5. The van der Waals surface area contributed by atoms with Crippen LogP contribution in [0.15, 0.2) is 24.4 Å². The van der Waals surface area contributed by atoms with E-state index in [1.165, 1.54) is 23.4 Å². The molecule has 5 rings (SSSR count). The summed E-state index contributed by atoms with van der Waals surface area (Å²) >= 11 is 0. The number of nitrogens with one attached hydrogen (secondary N) is 2. The maximum absolute atomic E-state index is 12.7. The van der Waals surface area contributed by atoms with Crippen molar-refractivity contribution in [2.24, 2.45) is 5.92 Å². The number of hydrogen-bond donors (Lipinski definition) is 3. The molecule has 1 aliphatic carbocycles. The van der Waals surface area contributed by atoms with Gasteiger partial charge in [-0.1, -0.05) is 6.07 Å². The summed E-state index contributed by atoms with van der Waals surface area (Å²) in [6.07, 6.45) is 5.53. The number of carbonyl (C=O) groups is 2. The molecule has 1 saturated carbocycles. The highest BCUT2D eigenvalue weighted by molar-refractivity contribution is 5.79. The number of carboxylic acid groups (broad SMARTS) is 1. The average molecular weight is 425 g/mol. The Morgan fingerprint density at radius 3 is 2.65 bits per heavy atom. The lowest BCUT2D eigenvalue weighted by molar-refractivity contribution is -0.126. The molecular formula is C22H28N6O3. The number of aromatic nitrogens is 3. The lowest BCUT2D eigenvalue weighted by atomic mass is 9.96. The SMILES string of the molecule is O=C(N[C@@H]1CCN(c2cccc(-c3ncc(C4CC4)[nH]3)n2)C1)C1CCN(C(=O)O)CC1. The van der Waals surface area contributed by atoms with Crippen LogP contribution in [0.4, 0.5) is 10.6 Å². The molecule has 3 N–H and O–H groups in total. The largest absolute Gasteiger partial charge is 0.465 e. The molecule has 2 amide bonds. The fraction of sp³-hybridized carbons (Fsp3) is 0.545. The van der Waals surface area contributed by atoms with Gasteiger partial charge in [0, 0.05) is 55.9 Å². The van der Waals surface area contributed by atoms with Crippen molar-refractivity contribution in [3.05, 3.63) is 30.1 Å². The fourth-order valence-corrected chi connectivity index (χ4v) is 4.54. The molecule has 0 aromatic carbocycles. The smallest absolute Gasteiger partial charge is 0.407 e. The van der Waals surface area contributed by atoms with Crippen molar-refractivity contribution < 1.29 is 14.7 Å². The Labute approximate surface area is 180 Å². The summed E-state index contributed by atoms with van der Waals surface area (Å²) in [5.74, 6) is 2.27. The Balaban J connectivity index is 1.17. The number of piperidine rings is 1. The molecule has 164 valence electrons. The summed E-state index contributed by atoms with van der Waals surface area (Å²) in [5, 5.41) is 12.2. The summed E-state index contributed by atoms with van der Waals surface area (Å²) in [7, 11) is 0. The predicted octanol–water partition coefficient (Wildman–Crippen LogP) is 2.43. The lowest BCUT2D eigenvalue weighted by Crippen LogP contribution is -2.45. The van der Waals surface area contributed by atoms with Gasteiger partial charge < -0.3 is 25.2 Å². The van der Waals surface area contributed by atoms with E-state index in [-0.39, 0.29) is 17.9 Å². The summed E-state index contributed by atoms with van der Waals surface area (Å²) in [5.41, 5.74) is 2.03. The minimum Gasteiger partial charge on any atom is -0.465 e. The van der Waals surface area contributed by atoms with E-state index < -0.39 is 6.09 Å². The van der Waals surface area contributed by atoms with Gasteiger partial charge in [-0.2, -0.15) is 0 Å². The first-order chi connectivity index (χ1) is 15.1. The first kappa shape index (κ1) is 19.8. The Kier molecular flexibility index (Phi) is 5.25. The van der Waals surface area contributed by atoms with E-state index in [9.17, 15) is 9.59 Å². The molecule has 9 heteroatoms. The van der Waals surface area contributed by atoms with Gasteiger partial charge in [-0.05, 0) is 44.2 Å². The quantitative estimate of drug-likeness (QED) is 0.679. The molecule has 2 aliphatic heterocycles. The van der Waals surface area contributed by atoms with Crippen LogP contribution in [0.2, 0.25) is 0 Å². The van der Waals surface area contributed by atoms with Gasteiger partial charge in [-0.3, -0.25) is 4.79 Å². The van der Waals surface area contributed by atoms with Crippen LogP contribution < -0.4 is 10.2 Å². The summed E-state index contributed by atoms with van der Waals surface area (Å²) in [6, 6.07) is 6.05. The number of likely N-dealkylation sites (tertiary alicyclic amines) is 1. The third kappa shape index (κ3) is 4.35. The second-order valence-corrected chi connectivity index (χ2v) is 8.83. The van der Waals surface area contributed by atoms with Crippen LogP contribution in [0.3, 0.4) is 0 Å². The van der Waals surface area contributed by atoms with Crippen molar-refractivity contribution in [3.8, 4) is 11.5 Å². The van der Waals surface area contributed by atoms with Crippen LogP contribution in [0.25, 0.3) is 11.5 Å². The van der Waals surface area contributed by atoms with Gasteiger partial charge in [0.15, 0.2) is 5.82 Å². The molecule has 3 aliphatic rings. The number of anilines is 1. The molecule has 2 aromatic heterocycles.